The molecule has 2 heterocycles. The highest BCUT2D eigenvalue weighted by molar-refractivity contribution is 7.89. The number of aromatic nitrogens is 2. The van der Waals surface area contributed by atoms with Gasteiger partial charge in [-0.25, -0.2) is 8.42 Å². The van der Waals surface area contributed by atoms with Crippen LogP contribution in [0.1, 0.15) is 30.1 Å². The number of rotatable bonds is 5. The second-order valence-corrected chi connectivity index (χ2v) is 10.8. The summed E-state index contributed by atoms with van der Waals surface area (Å²) >= 11 is 7.44. The van der Waals surface area contributed by atoms with Crippen LogP contribution < -0.4 is 5.32 Å². The molecule has 0 bridgehead atoms. The Balaban J connectivity index is 1.54. The van der Waals surface area contributed by atoms with Crippen LogP contribution in [0.4, 0.5) is 5.13 Å². The summed E-state index contributed by atoms with van der Waals surface area (Å²) in [7, 11) is -3.69. The zero-order valence-electron chi connectivity index (χ0n) is 16.8. The number of hydrogen-bond acceptors (Lipinski definition) is 6. The van der Waals surface area contributed by atoms with Gasteiger partial charge in [0.25, 0.3) is 5.91 Å². The van der Waals surface area contributed by atoms with Crippen LogP contribution in [-0.4, -0.2) is 41.9 Å². The van der Waals surface area contributed by atoms with Gasteiger partial charge in [-0.05, 0) is 37.0 Å². The summed E-state index contributed by atoms with van der Waals surface area (Å²) in [6, 6.07) is 13.7. The van der Waals surface area contributed by atoms with Crippen molar-refractivity contribution in [3.63, 3.8) is 0 Å². The van der Waals surface area contributed by atoms with Gasteiger partial charge in [0.1, 0.15) is 5.01 Å². The largest absolute Gasteiger partial charge is 0.296 e. The first-order chi connectivity index (χ1) is 14.8. The second kappa shape index (κ2) is 9.04. The molecule has 1 aliphatic heterocycles. The Morgan fingerprint density at radius 1 is 1.13 bits per heavy atom. The van der Waals surface area contributed by atoms with Crippen molar-refractivity contribution in [3.8, 4) is 10.6 Å². The number of piperidine rings is 1. The fourth-order valence-corrected chi connectivity index (χ4v) is 5.79. The molecule has 31 heavy (non-hydrogen) atoms. The van der Waals surface area contributed by atoms with Crippen molar-refractivity contribution in [2.24, 2.45) is 5.92 Å². The topological polar surface area (TPSA) is 92.3 Å². The van der Waals surface area contributed by atoms with E-state index in [9.17, 15) is 13.2 Å². The third-order valence-corrected chi connectivity index (χ3v) is 8.34. The molecule has 10 heteroatoms. The van der Waals surface area contributed by atoms with E-state index in [1.807, 2.05) is 30.3 Å². The molecule has 162 valence electrons. The normalized spacial score (nSPS) is 15.7. The third kappa shape index (κ3) is 4.79. The first-order valence-corrected chi connectivity index (χ1v) is 12.5. The van der Waals surface area contributed by atoms with Gasteiger partial charge in [-0.1, -0.05) is 60.2 Å². The van der Waals surface area contributed by atoms with Gasteiger partial charge in [-0.3, -0.25) is 10.1 Å². The minimum absolute atomic E-state index is 0.0545. The highest BCUT2D eigenvalue weighted by atomic mass is 35.5. The Morgan fingerprint density at radius 2 is 1.84 bits per heavy atom. The number of hydrogen-bond donors (Lipinski definition) is 1. The minimum atomic E-state index is -3.69. The average molecular weight is 477 g/mol. The van der Waals surface area contributed by atoms with Crippen molar-refractivity contribution in [2.45, 2.75) is 24.7 Å². The van der Waals surface area contributed by atoms with Crippen molar-refractivity contribution < 1.29 is 13.2 Å². The monoisotopic (exact) mass is 476 g/mol. The van der Waals surface area contributed by atoms with Gasteiger partial charge in [-0.15, -0.1) is 10.2 Å². The maximum Gasteiger partial charge on any atom is 0.259 e. The molecule has 0 spiro atoms. The Labute approximate surface area is 190 Å². The summed E-state index contributed by atoms with van der Waals surface area (Å²) < 4.78 is 27.5. The molecule has 2 aromatic carbocycles. The number of carbonyl (C=O) groups excluding carboxylic acids is 1. The zero-order chi connectivity index (χ0) is 22.0. The fourth-order valence-electron chi connectivity index (χ4n) is 3.35. The lowest BCUT2D eigenvalue weighted by atomic mass is 10.0. The van der Waals surface area contributed by atoms with Gasteiger partial charge in [0, 0.05) is 18.7 Å². The second-order valence-electron chi connectivity index (χ2n) is 7.46. The summed E-state index contributed by atoms with van der Waals surface area (Å²) in [6.45, 7) is 3.06. The molecule has 1 fully saturated rings. The average Bonchev–Trinajstić information content (AvgIpc) is 3.23. The molecule has 1 aliphatic rings. The Morgan fingerprint density at radius 3 is 2.55 bits per heavy atom. The number of carbonyl (C=O) groups is 1. The van der Waals surface area contributed by atoms with Crippen LogP contribution in [0.3, 0.4) is 0 Å². The molecule has 7 nitrogen and oxygen atoms in total. The van der Waals surface area contributed by atoms with E-state index in [1.165, 1.54) is 33.8 Å². The summed E-state index contributed by atoms with van der Waals surface area (Å²) in [4.78, 5) is 12.9. The summed E-state index contributed by atoms with van der Waals surface area (Å²) in [6.07, 6.45) is 1.64. The van der Waals surface area contributed by atoms with E-state index in [1.54, 1.807) is 0 Å². The maximum absolute atomic E-state index is 13.0. The van der Waals surface area contributed by atoms with Crippen molar-refractivity contribution >= 4 is 44.0 Å². The van der Waals surface area contributed by atoms with Crippen LogP contribution in [0, 0.1) is 5.92 Å². The molecular formula is C21H21ClN4O3S2. The summed E-state index contributed by atoms with van der Waals surface area (Å²) in [5, 5.41) is 11.9. The number of anilines is 1. The number of nitrogens with zero attached hydrogens (tertiary/aromatic N) is 3. The standard InChI is InChI=1S/C21H21ClN4O3S2/c1-14-9-11-26(12-10-14)31(28,29)16-7-8-18(22)17(13-16)19(27)23-21-25-24-20(30-21)15-5-3-2-4-6-15/h2-8,13-14H,9-12H2,1H3,(H,23,25,27). The molecule has 4 rings (SSSR count). The Kier molecular flexibility index (Phi) is 6.38. The van der Waals surface area contributed by atoms with E-state index >= 15 is 0 Å². The minimum Gasteiger partial charge on any atom is -0.296 e. The van der Waals surface area contributed by atoms with Crippen LogP contribution >= 0.6 is 22.9 Å². The molecule has 3 aromatic rings. The van der Waals surface area contributed by atoms with Gasteiger partial charge < -0.3 is 0 Å². The van der Waals surface area contributed by atoms with Crippen LogP contribution in [0.25, 0.3) is 10.6 Å². The van der Waals surface area contributed by atoms with Gasteiger partial charge in [-0.2, -0.15) is 4.31 Å². The molecule has 0 radical (unpaired) electrons. The van der Waals surface area contributed by atoms with E-state index in [0.29, 0.717) is 29.1 Å². The Hall–Kier alpha value is -2.33. The molecule has 1 saturated heterocycles. The maximum atomic E-state index is 13.0. The van der Waals surface area contributed by atoms with E-state index in [4.69, 9.17) is 11.6 Å². The number of amides is 1. The summed E-state index contributed by atoms with van der Waals surface area (Å²) in [5.41, 5.74) is 0.965. The Bertz CT molecular complexity index is 1190. The lowest BCUT2D eigenvalue weighted by molar-refractivity contribution is 0.102. The highest BCUT2D eigenvalue weighted by Gasteiger charge is 2.29. The first-order valence-electron chi connectivity index (χ1n) is 9.84. The predicted octanol–water partition coefficient (Wildman–Crippen LogP) is 4.53. The van der Waals surface area contributed by atoms with Crippen LogP contribution in [0.2, 0.25) is 5.02 Å². The van der Waals surface area contributed by atoms with Crippen LogP contribution in [-0.2, 0) is 10.0 Å². The summed E-state index contributed by atoms with van der Waals surface area (Å²) in [5.74, 6) is -0.0317. The SMILES string of the molecule is CC1CCN(S(=O)(=O)c2ccc(Cl)c(C(=O)Nc3nnc(-c4ccccc4)s3)c2)CC1. The van der Waals surface area contributed by atoms with E-state index in [0.717, 1.165) is 18.4 Å². The molecule has 0 saturated carbocycles. The van der Waals surface area contributed by atoms with E-state index in [2.05, 4.69) is 22.4 Å². The molecule has 0 aliphatic carbocycles. The predicted molar refractivity (Wildman–Crippen MR) is 122 cm³/mol. The van der Waals surface area contributed by atoms with Crippen molar-refractivity contribution in [1.29, 1.82) is 0 Å². The molecular weight excluding hydrogens is 456 g/mol. The zero-order valence-corrected chi connectivity index (χ0v) is 19.2. The molecule has 1 N–H and O–H groups in total. The van der Waals surface area contributed by atoms with Crippen molar-refractivity contribution in [3.05, 3.63) is 59.1 Å². The smallest absolute Gasteiger partial charge is 0.259 e. The molecule has 0 atom stereocenters. The van der Waals surface area contributed by atoms with Crippen molar-refractivity contribution in [2.75, 3.05) is 18.4 Å². The third-order valence-electron chi connectivity index (χ3n) is 5.23. The van der Waals surface area contributed by atoms with Crippen LogP contribution in [0.5, 0.6) is 0 Å². The number of benzene rings is 2. The van der Waals surface area contributed by atoms with Gasteiger partial charge >= 0.3 is 0 Å². The highest BCUT2D eigenvalue weighted by Crippen LogP contribution is 2.29. The lowest BCUT2D eigenvalue weighted by Gasteiger charge is -2.29. The molecule has 0 unspecified atom stereocenters. The van der Waals surface area contributed by atoms with Gasteiger partial charge in [0.05, 0.1) is 15.5 Å². The lowest BCUT2D eigenvalue weighted by Crippen LogP contribution is -2.37. The number of nitrogens with one attached hydrogen (secondary N) is 1. The fraction of sp³-hybridized carbons (Fsp3) is 0.286. The van der Waals surface area contributed by atoms with E-state index < -0.39 is 15.9 Å². The first kappa shape index (κ1) is 21.9. The van der Waals surface area contributed by atoms with E-state index in [-0.39, 0.29) is 15.5 Å². The van der Waals surface area contributed by atoms with Crippen molar-refractivity contribution in [1.82, 2.24) is 14.5 Å². The number of sulfonamides is 1. The quantitative estimate of drug-likeness (QED) is 0.584. The van der Waals surface area contributed by atoms with Gasteiger partial charge in [0.2, 0.25) is 15.2 Å². The number of halogens is 1. The molecule has 1 aromatic heterocycles. The van der Waals surface area contributed by atoms with Gasteiger partial charge in [0.15, 0.2) is 0 Å². The molecule has 1 amide bonds. The van der Waals surface area contributed by atoms with Crippen LogP contribution in [0.15, 0.2) is 53.4 Å².